The third-order valence-corrected chi connectivity index (χ3v) is 3.54. The van der Waals surface area contributed by atoms with E-state index in [-0.39, 0.29) is 5.91 Å². The van der Waals surface area contributed by atoms with Gasteiger partial charge in [0.05, 0.1) is 0 Å². The van der Waals surface area contributed by atoms with Crippen LogP contribution in [0.25, 0.3) is 0 Å². The molecule has 1 atom stereocenters. The van der Waals surface area contributed by atoms with Gasteiger partial charge in [0.1, 0.15) is 0 Å². The number of hydrogen-bond donors (Lipinski definition) is 2. The predicted octanol–water partition coefficient (Wildman–Crippen LogP) is 3.42. The molecule has 0 aliphatic carbocycles. The maximum atomic E-state index is 11.2. The molecule has 3 heteroatoms. The lowest BCUT2D eigenvalue weighted by Gasteiger charge is -2.19. The first-order valence-corrected chi connectivity index (χ1v) is 7.37. The first kappa shape index (κ1) is 15.3. The van der Waals surface area contributed by atoms with Crippen LogP contribution in [0.1, 0.15) is 47.3 Å². The summed E-state index contributed by atoms with van der Waals surface area (Å²) in [5.41, 5.74) is 8.24. The van der Waals surface area contributed by atoms with Crippen molar-refractivity contribution in [1.29, 1.82) is 0 Å². The number of rotatable bonds is 7. The van der Waals surface area contributed by atoms with Crippen molar-refractivity contribution in [3.63, 3.8) is 0 Å². The van der Waals surface area contributed by atoms with Crippen molar-refractivity contribution in [1.82, 2.24) is 5.32 Å². The van der Waals surface area contributed by atoms with Crippen LogP contribution in [-0.4, -0.2) is 5.91 Å². The zero-order chi connectivity index (χ0) is 15.1. The molecule has 2 aromatic rings. The van der Waals surface area contributed by atoms with Gasteiger partial charge in [-0.1, -0.05) is 55.8 Å². The molecule has 0 radical (unpaired) electrons. The molecule has 2 aromatic carbocycles. The number of nitrogens with two attached hydrogens (primary N) is 1. The van der Waals surface area contributed by atoms with Crippen LogP contribution in [0, 0.1) is 0 Å². The van der Waals surface area contributed by atoms with Crippen molar-refractivity contribution in [2.24, 2.45) is 5.73 Å². The molecular formula is C18H22N2O. The van der Waals surface area contributed by atoms with Crippen LogP contribution < -0.4 is 11.1 Å². The summed E-state index contributed by atoms with van der Waals surface area (Å²) < 4.78 is 0. The molecule has 0 saturated carbocycles. The van der Waals surface area contributed by atoms with Gasteiger partial charge >= 0.3 is 0 Å². The Bertz CT molecular complexity index is 581. The van der Waals surface area contributed by atoms with E-state index in [0.717, 1.165) is 24.9 Å². The van der Waals surface area contributed by atoms with E-state index in [2.05, 4.69) is 36.5 Å². The summed E-state index contributed by atoms with van der Waals surface area (Å²) in [6.45, 7) is 2.91. The van der Waals surface area contributed by atoms with Gasteiger partial charge in [0, 0.05) is 18.2 Å². The normalized spacial score (nSPS) is 12.0. The summed E-state index contributed by atoms with van der Waals surface area (Å²) in [4.78, 5) is 11.2. The average Bonchev–Trinajstić information content (AvgIpc) is 2.52. The van der Waals surface area contributed by atoms with Crippen molar-refractivity contribution in [2.75, 3.05) is 0 Å². The number of carbonyl (C=O) groups excluding carboxylic acids is 1. The van der Waals surface area contributed by atoms with Gasteiger partial charge in [-0.3, -0.25) is 4.79 Å². The highest BCUT2D eigenvalue weighted by atomic mass is 16.1. The van der Waals surface area contributed by atoms with Gasteiger partial charge in [0.2, 0.25) is 5.91 Å². The van der Waals surface area contributed by atoms with Crippen LogP contribution in [0.5, 0.6) is 0 Å². The molecule has 3 nitrogen and oxygen atoms in total. The molecule has 0 heterocycles. The average molecular weight is 282 g/mol. The Kier molecular flexibility index (Phi) is 5.52. The van der Waals surface area contributed by atoms with E-state index < -0.39 is 0 Å². The fourth-order valence-electron chi connectivity index (χ4n) is 2.44. The summed E-state index contributed by atoms with van der Waals surface area (Å²) in [5, 5.41) is 3.57. The van der Waals surface area contributed by atoms with Crippen LogP contribution in [-0.2, 0) is 6.54 Å². The quantitative estimate of drug-likeness (QED) is 0.817. The Morgan fingerprint density at radius 3 is 2.57 bits per heavy atom. The van der Waals surface area contributed by atoms with Crippen molar-refractivity contribution in [2.45, 2.75) is 32.4 Å². The Balaban J connectivity index is 2.05. The molecule has 1 unspecified atom stereocenters. The van der Waals surface area contributed by atoms with Crippen LogP contribution in [0.4, 0.5) is 0 Å². The fourth-order valence-corrected chi connectivity index (χ4v) is 2.44. The molecule has 0 aliphatic rings. The maximum Gasteiger partial charge on any atom is 0.248 e. The first-order valence-electron chi connectivity index (χ1n) is 7.37. The monoisotopic (exact) mass is 282 g/mol. The van der Waals surface area contributed by atoms with Crippen LogP contribution >= 0.6 is 0 Å². The zero-order valence-corrected chi connectivity index (χ0v) is 12.4. The number of amides is 1. The number of primary amides is 1. The van der Waals surface area contributed by atoms with Gasteiger partial charge in [-0.25, -0.2) is 0 Å². The van der Waals surface area contributed by atoms with E-state index in [1.54, 1.807) is 6.07 Å². The van der Waals surface area contributed by atoms with E-state index in [1.807, 2.05) is 24.3 Å². The maximum absolute atomic E-state index is 11.2. The Hall–Kier alpha value is -2.13. The largest absolute Gasteiger partial charge is 0.366 e. The minimum absolute atomic E-state index is 0.327. The standard InChI is InChI=1S/C18H22N2O/c1-2-7-17(15-9-4-3-5-10-15)20-13-14-8-6-11-16(12-14)18(19)21/h3-6,8-12,17,20H,2,7,13H2,1H3,(H2,19,21). The molecule has 0 bridgehead atoms. The van der Waals surface area contributed by atoms with E-state index in [0.29, 0.717) is 11.6 Å². The second kappa shape index (κ2) is 7.60. The van der Waals surface area contributed by atoms with Gasteiger partial charge in [0.15, 0.2) is 0 Å². The summed E-state index contributed by atoms with van der Waals surface area (Å²) in [6.07, 6.45) is 2.20. The van der Waals surface area contributed by atoms with Crippen LogP contribution in [0.15, 0.2) is 54.6 Å². The summed E-state index contributed by atoms with van der Waals surface area (Å²) >= 11 is 0. The summed E-state index contributed by atoms with van der Waals surface area (Å²) in [6, 6.07) is 18.2. The smallest absolute Gasteiger partial charge is 0.248 e. The van der Waals surface area contributed by atoms with Gasteiger partial charge < -0.3 is 11.1 Å². The van der Waals surface area contributed by atoms with Crippen LogP contribution in [0.2, 0.25) is 0 Å². The number of hydrogen-bond acceptors (Lipinski definition) is 2. The van der Waals surface area contributed by atoms with Gasteiger partial charge in [-0.2, -0.15) is 0 Å². The highest BCUT2D eigenvalue weighted by Crippen LogP contribution is 2.19. The van der Waals surface area contributed by atoms with Gasteiger partial charge in [0.25, 0.3) is 0 Å². The molecule has 0 spiro atoms. The first-order chi connectivity index (χ1) is 10.2. The van der Waals surface area contributed by atoms with E-state index in [4.69, 9.17) is 5.73 Å². The Morgan fingerprint density at radius 2 is 1.90 bits per heavy atom. The zero-order valence-electron chi connectivity index (χ0n) is 12.4. The minimum Gasteiger partial charge on any atom is -0.366 e. The lowest BCUT2D eigenvalue weighted by molar-refractivity contribution is 0.1000. The van der Waals surface area contributed by atoms with Crippen LogP contribution in [0.3, 0.4) is 0 Å². The van der Waals surface area contributed by atoms with E-state index in [1.165, 1.54) is 5.56 Å². The molecule has 0 aromatic heterocycles. The van der Waals surface area contributed by atoms with Crippen molar-refractivity contribution in [3.05, 3.63) is 71.3 Å². The van der Waals surface area contributed by atoms with Gasteiger partial charge in [-0.15, -0.1) is 0 Å². The van der Waals surface area contributed by atoms with E-state index >= 15 is 0 Å². The van der Waals surface area contributed by atoms with Crippen molar-refractivity contribution < 1.29 is 4.79 Å². The molecule has 110 valence electrons. The fraction of sp³-hybridized carbons (Fsp3) is 0.278. The highest BCUT2D eigenvalue weighted by molar-refractivity contribution is 5.92. The molecule has 2 rings (SSSR count). The summed E-state index contributed by atoms with van der Waals surface area (Å²) in [7, 11) is 0. The third-order valence-electron chi connectivity index (χ3n) is 3.54. The van der Waals surface area contributed by atoms with Gasteiger partial charge in [-0.05, 0) is 29.7 Å². The molecule has 1 amide bonds. The molecular weight excluding hydrogens is 260 g/mol. The minimum atomic E-state index is -0.384. The molecule has 0 aliphatic heterocycles. The number of nitrogens with one attached hydrogen (secondary N) is 1. The van der Waals surface area contributed by atoms with E-state index in [9.17, 15) is 4.79 Å². The third kappa shape index (κ3) is 4.43. The highest BCUT2D eigenvalue weighted by Gasteiger charge is 2.10. The lowest BCUT2D eigenvalue weighted by atomic mass is 10.0. The number of carbonyl (C=O) groups is 1. The molecule has 0 fully saturated rings. The molecule has 3 N–H and O–H groups in total. The van der Waals surface area contributed by atoms with Crippen molar-refractivity contribution in [3.8, 4) is 0 Å². The molecule has 21 heavy (non-hydrogen) atoms. The topological polar surface area (TPSA) is 55.1 Å². The summed E-state index contributed by atoms with van der Waals surface area (Å²) in [5.74, 6) is -0.384. The second-order valence-electron chi connectivity index (χ2n) is 5.20. The van der Waals surface area contributed by atoms with Crippen molar-refractivity contribution >= 4 is 5.91 Å². The Labute approximate surface area is 126 Å². The Morgan fingerprint density at radius 1 is 1.14 bits per heavy atom. The SMILES string of the molecule is CCCC(NCc1cccc(C(N)=O)c1)c1ccccc1. The predicted molar refractivity (Wildman–Crippen MR) is 85.9 cm³/mol. The number of benzene rings is 2. The molecule has 0 saturated heterocycles. The lowest BCUT2D eigenvalue weighted by Crippen LogP contribution is -2.21. The second-order valence-corrected chi connectivity index (χ2v) is 5.20.